The number of hydrogen-bond acceptors (Lipinski definition) is 3. The Labute approximate surface area is 143 Å². The molecule has 4 heteroatoms. The average Bonchev–Trinajstić information content (AvgIpc) is 3.13. The van der Waals surface area contributed by atoms with E-state index in [4.69, 9.17) is 4.74 Å². The molecule has 24 heavy (non-hydrogen) atoms. The molecule has 1 fully saturated rings. The van der Waals surface area contributed by atoms with Crippen LogP contribution in [-0.4, -0.2) is 10.9 Å². The second-order valence-corrected chi connectivity index (χ2v) is 6.37. The molecule has 0 spiro atoms. The summed E-state index contributed by atoms with van der Waals surface area (Å²) in [6, 6.07) is 13.3. The van der Waals surface area contributed by atoms with Crippen molar-refractivity contribution in [2.45, 2.75) is 45.1 Å². The average molecular weight is 324 g/mol. The SMILES string of the molecule is O=C(CCC1CCCC1)Nc1cccc(OCc2ccccn2)c1. The molecule has 1 aromatic carbocycles. The van der Waals surface area contributed by atoms with E-state index in [0.717, 1.165) is 29.5 Å². The topological polar surface area (TPSA) is 51.2 Å². The van der Waals surface area contributed by atoms with Crippen molar-refractivity contribution in [2.75, 3.05) is 5.32 Å². The normalized spacial score (nSPS) is 14.5. The summed E-state index contributed by atoms with van der Waals surface area (Å²) in [6.07, 6.45) is 8.56. The third-order valence-electron chi connectivity index (χ3n) is 4.49. The fourth-order valence-electron chi connectivity index (χ4n) is 3.16. The first-order valence-electron chi connectivity index (χ1n) is 8.72. The highest BCUT2D eigenvalue weighted by Crippen LogP contribution is 2.28. The van der Waals surface area contributed by atoms with Gasteiger partial charge in [0.2, 0.25) is 5.91 Å². The number of carbonyl (C=O) groups excluding carboxylic acids is 1. The van der Waals surface area contributed by atoms with Gasteiger partial charge in [-0.1, -0.05) is 37.8 Å². The number of carbonyl (C=O) groups is 1. The molecule has 0 saturated heterocycles. The number of hydrogen-bond donors (Lipinski definition) is 1. The van der Waals surface area contributed by atoms with Crippen LogP contribution in [0.1, 0.15) is 44.2 Å². The van der Waals surface area contributed by atoms with Gasteiger partial charge in [0.25, 0.3) is 0 Å². The molecule has 1 aromatic heterocycles. The molecule has 3 rings (SSSR count). The van der Waals surface area contributed by atoms with Crippen molar-refractivity contribution in [3.8, 4) is 5.75 Å². The van der Waals surface area contributed by atoms with Crippen molar-refractivity contribution in [3.63, 3.8) is 0 Å². The van der Waals surface area contributed by atoms with Gasteiger partial charge in [-0.3, -0.25) is 9.78 Å². The zero-order valence-corrected chi connectivity index (χ0v) is 13.9. The van der Waals surface area contributed by atoms with Gasteiger partial charge in [-0.15, -0.1) is 0 Å². The molecule has 0 bridgehead atoms. The Balaban J connectivity index is 1.48. The van der Waals surface area contributed by atoms with Crippen LogP contribution in [0.25, 0.3) is 0 Å². The first-order valence-corrected chi connectivity index (χ1v) is 8.72. The van der Waals surface area contributed by atoms with Crippen LogP contribution in [-0.2, 0) is 11.4 Å². The number of pyridine rings is 1. The lowest BCUT2D eigenvalue weighted by atomic mass is 10.0. The molecule has 1 N–H and O–H groups in total. The Morgan fingerprint density at radius 2 is 2.04 bits per heavy atom. The van der Waals surface area contributed by atoms with Crippen LogP contribution in [0.5, 0.6) is 5.75 Å². The van der Waals surface area contributed by atoms with Crippen molar-refractivity contribution in [3.05, 3.63) is 54.4 Å². The van der Waals surface area contributed by atoms with E-state index in [0.29, 0.717) is 13.0 Å². The maximum atomic E-state index is 12.1. The lowest BCUT2D eigenvalue weighted by Gasteiger charge is -2.11. The number of ether oxygens (including phenoxy) is 1. The summed E-state index contributed by atoms with van der Waals surface area (Å²) in [5.41, 5.74) is 1.66. The highest BCUT2D eigenvalue weighted by molar-refractivity contribution is 5.90. The van der Waals surface area contributed by atoms with Crippen LogP contribution < -0.4 is 10.1 Å². The standard InChI is InChI=1S/C20H24N2O2/c23-20(12-11-16-6-1-2-7-16)22-17-9-5-10-19(14-17)24-15-18-8-3-4-13-21-18/h3-5,8-10,13-14,16H,1-2,6-7,11-12,15H2,(H,22,23). The van der Waals surface area contributed by atoms with Crippen LogP contribution in [0.2, 0.25) is 0 Å². The van der Waals surface area contributed by atoms with Gasteiger partial charge < -0.3 is 10.1 Å². The van der Waals surface area contributed by atoms with E-state index in [1.54, 1.807) is 6.20 Å². The lowest BCUT2D eigenvalue weighted by Crippen LogP contribution is -2.12. The summed E-state index contributed by atoms with van der Waals surface area (Å²) in [5, 5.41) is 2.97. The number of aromatic nitrogens is 1. The second kappa shape index (κ2) is 8.48. The summed E-state index contributed by atoms with van der Waals surface area (Å²) in [6.45, 7) is 0.417. The van der Waals surface area contributed by atoms with Gasteiger partial charge in [0.15, 0.2) is 0 Å². The van der Waals surface area contributed by atoms with Crippen molar-refractivity contribution < 1.29 is 9.53 Å². The molecule has 1 aliphatic rings. The molecule has 4 nitrogen and oxygen atoms in total. The van der Waals surface area contributed by atoms with E-state index in [-0.39, 0.29) is 5.91 Å². The molecule has 0 atom stereocenters. The van der Waals surface area contributed by atoms with Crippen LogP contribution >= 0.6 is 0 Å². The maximum Gasteiger partial charge on any atom is 0.224 e. The highest BCUT2D eigenvalue weighted by atomic mass is 16.5. The van der Waals surface area contributed by atoms with Crippen molar-refractivity contribution in [1.82, 2.24) is 4.98 Å². The van der Waals surface area contributed by atoms with Crippen molar-refractivity contribution in [1.29, 1.82) is 0 Å². The van der Waals surface area contributed by atoms with Gasteiger partial charge in [0.05, 0.1) is 5.69 Å². The number of benzene rings is 1. The molecule has 1 heterocycles. The molecule has 0 aliphatic heterocycles. The Hall–Kier alpha value is -2.36. The molecule has 1 aliphatic carbocycles. The fraction of sp³-hybridized carbons (Fsp3) is 0.400. The van der Waals surface area contributed by atoms with E-state index in [2.05, 4.69) is 10.3 Å². The van der Waals surface area contributed by atoms with E-state index in [1.165, 1.54) is 25.7 Å². The summed E-state index contributed by atoms with van der Waals surface area (Å²) >= 11 is 0. The number of amides is 1. The third-order valence-corrected chi connectivity index (χ3v) is 4.49. The monoisotopic (exact) mass is 324 g/mol. The van der Waals surface area contributed by atoms with Crippen molar-refractivity contribution in [2.24, 2.45) is 5.92 Å². The predicted molar refractivity (Wildman–Crippen MR) is 94.8 cm³/mol. The van der Waals surface area contributed by atoms with Gasteiger partial charge in [-0.25, -0.2) is 0 Å². The Kier molecular flexibility index (Phi) is 5.83. The van der Waals surface area contributed by atoms with Crippen LogP contribution in [0.3, 0.4) is 0 Å². The number of rotatable bonds is 7. The molecule has 2 aromatic rings. The minimum absolute atomic E-state index is 0.0868. The van der Waals surface area contributed by atoms with E-state index in [9.17, 15) is 4.79 Å². The molecule has 126 valence electrons. The fourth-order valence-corrected chi connectivity index (χ4v) is 3.16. The van der Waals surface area contributed by atoms with Gasteiger partial charge >= 0.3 is 0 Å². The first-order chi connectivity index (χ1) is 11.8. The Morgan fingerprint density at radius 3 is 2.83 bits per heavy atom. The molecule has 1 amide bonds. The Bertz CT molecular complexity index is 652. The number of anilines is 1. The van der Waals surface area contributed by atoms with Crippen LogP contribution in [0, 0.1) is 5.92 Å². The van der Waals surface area contributed by atoms with E-state index in [1.807, 2.05) is 42.5 Å². The van der Waals surface area contributed by atoms with Crippen LogP contribution in [0.15, 0.2) is 48.7 Å². The first kappa shape index (κ1) is 16.5. The van der Waals surface area contributed by atoms with Gasteiger partial charge in [-0.05, 0) is 36.6 Å². The second-order valence-electron chi connectivity index (χ2n) is 6.37. The molecule has 1 saturated carbocycles. The summed E-state index contributed by atoms with van der Waals surface area (Å²) in [5.74, 6) is 1.56. The van der Waals surface area contributed by atoms with Crippen LogP contribution in [0.4, 0.5) is 5.69 Å². The zero-order valence-electron chi connectivity index (χ0n) is 13.9. The number of nitrogens with one attached hydrogen (secondary N) is 1. The van der Waals surface area contributed by atoms with Crippen molar-refractivity contribution >= 4 is 11.6 Å². The number of nitrogens with zero attached hydrogens (tertiary/aromatic N) is 1. The zero-order chi connectivity index (χ0) is 16.6. The van der Waals surface area contributed by atoms with Gasteiger partial charge in [0.1, 0.15) is 12.4 Å². The smallest absolute Gasteiger partial charge is 0.224 e. The van der Waals surface area contributed by atoms with E-state index < -0.39 is 0 Å². The minimum Gasteiger partial charge on any atom is -0.487 e. The molecular weight excluding hydrogens is 300 g/mol. The van der Waals surface area contributed by atoms with Gasteiger partial charge in [0, 0.05) is 24.4 Å². The highest BCUT2D eigenvalue weighted by Gasteiger charge is 2.16. The summed E-state index contributed by atoms with van der Waals surface area (Å²) < 4.78 is 5.74. The maximum absolute atomic E-state index is 12.1. The molecule has 0 unspecified atom stereocenters. The largest absolute Gasteiger partial charge is 0.487 e. The Morgan fingerprint density at radius 1 is 1.17 bits per heavy atom. The predicted octanol–water partition coefficient (Wildman–Crippen LogP) is 4.57. The quantitative estimate of drug-likeness (QED) is 0.811. The third kappa shape index (κ3) is 5.08. The van der Waals surface area contributed by atoms with E-state index >= 15 is 0 Å². The van der Waals surface area contributed by atoms with Gasteiger partial charge in [-0.2, -0.15) is 0 Å². The summed E-state index contributed by atoms with van der Waals surface area (Å²) in [7, 11) is 0. The molecule has 0 radical (unpaired) electrons. The summed E-state index contributed by atoms with van der Waals surface area (Å²) in [4.78, 5) is 16.3. The minimum atomic E-state index is 0.0868. The lowest BCUT2D eigenvalue weighted by molar-refractivity contribution is -0.116. The molecular formula is C20H24N2O2.